The van der Waals surface area contributed by atoms with E-state index in [0.717, 1.165) is 14.2 Å². The Balaban J connectivity index is 2.14. The van der Waals surface area contributed by atoms with Gasteiger partial charge in [-0.1, -0.05) is 0 Å². The lowest BCUT2D eigenvalue weighted by molar-refractivity contribution is -0.298. The predicted octanol–water partition coefficient (Wildman–Crippen LogP) is -1.48. The van der Waals surface area contributed by atoms with Crippen molar-refractivity contribution in [3.05, 3.63) is 16.7 Å². The lowest BCUT2D eigenvalue weighted by Gasteiger charge is -2.34. The Bertz CT molecular complexity index is 907. The van der Waals surface area contributed by atoms with Crippen molar-refractivity contribution in [2.45, 2.75) is 18.1 Å². The topological polar surface area (TPSA) is 184 Å². The molecule has 3 rings (SSSR count). The van der Waals surface area contributed by atoms with Crippen LogP contribution in [0, 0.1) is 0 Å². The average molecular weight is 391 g/mol. The highest BCUT2D eigenvalue weighted by molar-refractivity contribution is 7.53. The van der Waals surface area contributed by atoms with E-state index < -0.39 is 43.6 Å². The zero-order valence-electron chi connectivity index (χ0n) is 13.9. The van der Waals surface area contributed by atoms with Gasteiger partial charge in [0.05, 0.1) is 12.9 Å². The second kappa shape index (κ2) is 6.70. The van der Waals surface area contributed by atoms with Gasteiger partial charge >= 0.3 is 7.60 Å². The standard InChI is InChI=1S/C12H18N5O8P/c1-22-26(21,23-2)5-25-12(8(19)6(18)3-24-12)17-10(20)7-9(15-4-14-7)16-11(17)13/h4,6,8,18-19H,3,5H2,1-2H3,(H2,13,16)(H,14,15)/t6-,8-,12+/m1/s1. The number of hydrogen-bond acceptors (Lipinski definition) is 11. The van der Waals surface area contributed by atoms with Crippen molar-refractivity contribution < 1.29 is 33.3 Å². The van der Waals surface area contributed by atoms with Gasteiger partial charge in [0.25, 0.3) is 11.5 Å². The van der Waals surface area contributed by atoms with Gasteiger partial charge in [-0.25, -0.2) is 9.55 Å². The Morgan fingerprint density at radius 2 is 2.19 bits per heavy atom. The number of nitrogens with zero attached hydrogens (tertiary/aromatic N) is 3. The lowest BCUT2D eigenvalue weighted by atomic mass is 10.2. The first kappa shape index (κ1) is 18.9. The highest BCUT2D eigenvalue weighted by atomic mass is 31.2. The monoisotopic (exact) mass is 391 g/mol. The summed E-state index contributed by atoms with van der Waals surface area (Å²) in [5.41, 5.74) is 5.08. The third kappa shape index (κ3) is 2.83. The summed E-state index contributed by atoms with van der Waals surface area (Å²) < 4.78 is 33.4. The molecular weight excluding hydrogens is 373 g/mol. The molecule has 0 aliphatic carbocycles. The predicted molar refractivity (Wildman–Crippen MR) is 86.1 cm³/mol. The maximum Gasteiger partial charge on any atom is 0.355 e. The van der Waals surface area contributed by atoms with Gasteiger partial charge in [-0.2, -0.15) is 4.98 Å². The number of nitrogens with one attached hydrogen (secondary N) is 1. The molecule has 0 aromatic carbocycles. The van der Waals surface area contributed by atoms with Gasteiger partial charge in [-0.05, 0) is 0 Å². The van der Waals surface area contributed by atoms with E-state index in [1.165, 1.54) is 6.33 Å². The molecule has 14 heteroatoms. The number of fused-ring (bicyclic) bond motifs is 1. The maximum atomic E-state index is 12.8. The van der Waals surface area contributed by atoms with Gasteiger partial charge in [0, 0.05) is 14.2 Å². The van der Waals surface area contributed by atoms with Crippen molar-refractivity contribution >= 4 is 24.7 Å². The van der Waals surface area contributed by atoms with Crippen LogP contribution in [-0.4, -0.2) is 69.1 Å². The van der Waals surface area contributed by atoms with Crippen LogP contribution in [0.2, 0.25) is 0 Å². The van der Waals surface area contributed by atoms with Crippen LogP contribution in [0.25, 0.3) is 11.2 Å². The van der Waals surface area contributed by atoms with E-state index in [9.17, 15) is 19.6 Å². The zero-order valence-corrected chi connectivity index (χ0v) is 14.8. The molecule has 0 saturated carbocycles. The summed E-state index contributed by atoms with van der Waals surface area (Å²) in [5, 5.41) is 20.3. The van der Waals surface area contributed by atoms with Crippen LogP contribution in [0.3, 0.4) is 0 Å². The number of aromatic amines is 1. The Morgan fingerprint density at radius 1 is 1.50 bits per heavy atom. The normalized spacial score (nSPS) is 26.6. The number of ether oxygens (including phenoxy) is 2. The number of rotatable bonds is 6. The molecule has 0 spiro atoms. The van der Waals surface area contributed by atoms with Gasteiger partial charge in [0.2, 0.25) is 5.95 Å². The van der Waals surface area contributed by atoms with Crippen molar-refractivity contribution in [2.75, 3.05) is 32.9 Å². The molecule has 1 aliphatic heterocycles. The first-order valence-corrected chi connectivity index (χ1v) is 9.07. The average Bonchev–Trinajstić information content (AvgIpc) is 3.20. The Labute approximate surface area is 146 Å². The summed E-state index contributed by atoms with van der Waals surface area (Å²) in [6.07, 6.45) is -2.60. The van der Waals surface area contributed by atoms with Gasteiger partial charge in [-0.3, -0.25) is 9.36 Å². The van der Waals surface area contributed by atoms with Crippen LogP contribution in [0.1, 0.15) is 0 Å². The number of aromatic nitrogens is 4. The fraction of sp³-hybridized carbons (Fsp3) is 0.583. The van der Waals surface area contributed by atoms with E-state index in [0.29, 0.717) is 4.57 Å². The Morgan fingerprint density at radius 3 is 2.77 bits per heavy atom. The first-order chi connectivity index (χ1) is 12.3. The van der Waals surface area contributed by atoms with Crippen molar-refractivity contribution in [3.8, 4) is 0 Å². The first-order valence-electron chi connectivity index (χ1n) is 7.34. The van der Waals surface area contributed by atoms with Crippen LogP contribution >= 0.6 is 7.60 Å². The molecule has 1 fully saturated rings. The molecule has 0 unspecified atom stereocenters. The van der Waals surface area contributed by atoms with Gasteiger partial charge in [0.1, 0.15) is 6.10 Å². The molecule has 0 amide bonds. The minimum Gasteiger partial charge on any atom is -0.388 e. The fourth-order valence-corrected chi connectivity index (χ4v) is 3.27. The summed E-state index contributed by atoms with van der Waals surface area (Å²) in [4.78, 5) is 23.2. The van der Waals surface area contributed by atoms with Gasteiger partial charge < -0.3 is 39.5 Å². The molecule has 5 N–H and O–H groups in total. The lowest BCUT2D eigenvalue weighted by Crippen LogP contribution is -2.53. The highest BCUT2D eigenvalue weighted by Crippen LogP contribution is 2.48. The largest absolute Gasteiger partial charge is 0.388 e. The molecule has 3 heterocycles. The van der Waals surface area contributed by atoms with Crippen LogP contribution < -0.4 is 11.3 Å². The number of H-pyrrole nitrogens is 1. The summed E-state index contributed by atoms with van der Waals surface area (Å²) in [7, 11) is -1.42. The van der Waals surface area contributed by atoms with E-state index in [-0.39, 0.29) is 17.8 Å². The number of aliphatic hydroxyl groups excluding tert-OH is 2. The molecule has 1 saturated heterocycles. The molecule has 3 atom stereocenters. The van der Waals surface area contributed by atoms with E-state index in [1.807, 2.05) is 0 Å². The third-order valence-corrected chi connectivity index (χ3v) is 5.54. The minimum atomic E-state index is -3.70. The molecule has 0 bridgehead atoms. The number of imidazole rings is 1. The fourth-order valence-electron chi connectivity index (χ4n) is 2.57. The summed E-state index contributed by atoms with van der Waals surface area (Å²) in [6, 6.07) is 0. The molecule has 2 aromatic rings. The zero-order chi connectivity index (χ0) is 19.1. The van der Waals surface area contributed by atoms with Crippen LogP contribution in [0.15, 0.2) is 11.1 Å². The highest BCUT2D eigenvalue weighted by Gasteiger charge is 2.55. The summed E-state index contributed by atoms with van der Waals surface area (Å²) in [5.74, 6) is -2.69. The van der Waals surface area contributed by atoms with Crippen LogP contribution in [-0.2, 0) is 29.0 Å². The summed E-state index contributed by atoms with van der Waals surface area (Å²) in [6.45, 7) is -0.377. The van der Waals surface area contributed by atoms with Gasteiger partial charge in [0.15, 0.2) is 23.6 Å². The van der Waals surface area contributed by atoms with E-state index in [1.54, 1.807) is 0 Å². The molecule has 2 aromatic heterocycles. The number of nitrogens with two attached hydrogens (primary N) is 1. The number of aliphatic hydroxyl groups is 2. The van der Waals surface area contributed by atoms with Crippen molar-refractivity contribution in [1.82, 2.24) is 19.5 Å². The van der Waals surface area contributed by atoms with E-state index in [2.05, 4.69) is 15.0 Å². The number of anilines is 1. The van der Waals surface area contributed by atoms with Crippen molar-refractivity contribution in [2.24, 2.45) is 0 Å². The molecule has 144 valence electrons. The summed E-state index contributed by atoms with van der Waals surface area (Å²) >= 11 is 0. The second-order valence-electron chi connectivity index (χ2n) is 5.42. The van der Waals surface area contributed by atoms with Crippen LogP contribution in [0.5, 0.6) is 0 Å². The molecular formula is C12H18N5O8P. The Kier molecular flexibility index (Phi) is 4.88. The van der Waals surface area contributed by atoms with Crippen molar-refractivity contribution in [1.29, 1.82) is 0 Å². The molecule has 0 radical (unpaired) electrons. The molecule has 1 aliphatic rings. The van der Waals surface area contributed by atoms with Gasteiger partial charge in [-0.15, -0.1) is 0 Å². The number of nitrogen functional groups attached to an aromatic ring is 1. The van der Waals surface area contributed by atoms with Crippen molar-refractivity contribution in [3.63, 3.8) is 0 Å². The smallest absolute Gasteiger partial charge is 0.355 e. The van der Waals surface area contributed by atoms with E-state index in [4.69, 9.17) is 24.3 Å². The number of hydrogen-bond donors (Lipinski definition) is 4. The molecule has 26 heavy (non-hydrogen) atoms. The van der Waals surface area contributed by atoms with Crippen LogP contribution in [0.4, 0.5) is 5.95 Å². The third-order valence-electron chi connectivity index (χ3n) is 3.98. The SMILES string of the molecule is COP(=O)(CO[C@@]1(n2c(N)nc3nc[nH]c3c2=O)OC[C@@H](O)[C@H]1O)OC. The second-order valence-corrected chi connectivity index (χ2v) is 7.63. The quantitative estimate of drug-likeness (QED) is 0.421. The maximum absolute atomic E-state index is 12.8. The Hall–Kier alpha value is -1.86. The molecule has 13 nitrogen and oxygen atoms in total. The minimum absolute atomic E-state index is 0.0268. The van der Waals surface area contributed by atoms with E-state index >= 15 is 0 Å².